The summed E-state index contributed by atoms with van der Waals surface area (Å²) in [7, 11) is -1.27. The maximum absolute atomic E-state index is 13.0. The van der Waals surface area contributed by atoms with E-state index in [0.29, 0.717) is 10.6 Å². The Morgan fingerprint density at radius 1 is 0.800 bits per heavy atom. The van der Waals surface area contributed by atoms with Gasteiger partial charge in [-0.3, -0.25) is 4.79 Å². The molecular weight excluding hydrogens is 351 g/mol. The van der Waals surface area contributed by atoms with Crippen molar-refractivity contribution in [1.82, 2.24) is 0 Å². The minimum Gasteiger partial charge on any atom is -0.361 e. The molecule has 0 atom stereocenters. The summed E-state index contributed by atoms with van der Waals surface area (Å²) in [6.45, 7) is 0. The number of benzene rings is 3. The van der Waals surface area contributed by atoms with Crippen LogP contribution >= 0.6 is 19.5 Å². The number of Topliss-reactive ketones (excluding diaryl/α,β-unsaturated/α-hetero) is 1. The van der Waals surface area contributed by atoms with Crippen LogP contribution in [-0.2, 0) is 0 Å². The van der Waals surface area contributed by atoms with Gasteiger partial charge in [0.15, 0.2) is 0 Å². The fourth-order valence-electron chi connectivity index (χ4n) is 2.47. The fraction of sp³-hybridized carbons (Fsp3) is 0. The Morgan fingerprint density at radius 2 is 1.28 bits per heavy atom. The van der Waals surface area contributed by atoms with Crippen molar-refractivity contribution in [3.8, 4) is 0 Å². The summed E-state index contributed by atoms with van der Waals surface area (Å²) in [4.78, 5) is 16.4. The highest BCUT2D eigenvalue weighted by Gasteiger charge is 2.34. The third-order valence-corrected chi connectivity index (χ3v) is 6.24. The molecule has 0 saturated heterocycles. The zero-order valence-corrected chi connectivity index (χ0v) is 14.9. The van der Waals surface area contributed by atoms with E-state index in [4.69, 9.17) is 11.6 Å². The first-order chi connectivity index (χ1) is 12.2. The molecule has 3 rings (SSSR count). The highest BCUT2D eigenvalue weighted by molar-refractivity contribution is 7.90. The summed E-state index contributed by atoms with van der Waals surface area (Å²) in [6.07, 6.45) is 0. The van der Waals surface area contributed by atoms with Gasteiger partial charge in [0.2, 0.25) is 0 Å². The van der Waals surface area contributed by atoms with Crippen LogP contribution in [0.1, 0.15) is 10.4 Å². The van der Waals surface area contributed by atoms with Gasteiger partial charge in [0.25, 0.3) is 5.78 Å². The molecule has 0 aliphatic heterocycles. The molecule has 0 saturated carbocycles. The summed E-state index contributed by atoms with van der Waals surface area (Å²) in [6, 6.07) is 25.8. The van der Waals surface area contributed by atoms with Crippen LogP contribution in [0.5, 0.6) is 0 Å². The topological polar surface area (TPSA) is 53.5 Å². The van der Waals surface area contributed by atoms with Crippen LogP contribution in [0, 0.1) is 0 Å². The number of nitrogens with zero attached hydrogens (tertiary/aromatic N) is 2. The van der Waals surface area contributed by atoms with E-state index in [1.807, 2.05) is 60.7 Å². The van der Waals surface area contributed by atoms with E-state index in [0.717, 1.165) is 10.6 Å². The maximum Gasteiger partial charge on any atom is 0.366 e. The average Bonchev–Trinajstić information content (AvgIpc) is 2.67. The zero-order chi connectivity index (χ0) is 17.6. The van der Waals surface area contributed by atoms with Gasteiger partial charge < -0.3 is 5.53 Å². The van der Waals surface area contributed by atoms with Crippen molar-refractivity contribution in [2.75, 3.05) is 0 Å². The SMILES string of the molecule is [N-]=[N+]=C(C(=O)c1ccc(Cl)cc1)P(c1ccccc1)c1ccccc1. The van der Waals surface area contributed by atoms with Crippen LogP contribution in [0.4, 0.5) is 0 Å². The zero-order valence-electron chi connectivity index (χ0n) is 13.2. The molecule has 0 spiro atoms. The molecule has 122 valence electrons. The van der Waals surface area contributed by atoms with Gasteiger partial charge in [-0.25, -0.2) is 0 Å². The highest BCUT2D eigenvalue weighted by atomic mass is 35.5. The van der Waals surface area contributed by atoms with Gasteiger partial charge >= 0.3 is 5.45 Å². The van der Waals surface area contributed by atoms with Crippen molar-refractivity contribution in [3.63, 3.8) is 0 Å². The predicted molar refractivity (Wildman–Crippen MR) is 103 cm³/mol. The number of rotatable bonds is 5. The minimum atomic E-state index is -1.27. The largest absolute Gasteiger partial charge is 0.366 e. The van der Waals surface area contributed by atoms with Crippen molar-refractivity contribution in [2.24, 2.45) is 0 Å². The van der Waals surface area contributed by atoms with Crippen LogP contribution in [0.25, 0.3) is 5.53 Å². The average molecular weight is 365 g/mol. The number of halogens is 1. The minimum absolute atomic E-state index is 0.134. The third kappa shape index (κ3) is 3.92. The normalized spacial score (nSPS) is 10.3. The molecule has 0 bridgehead atoms. The molecule has 25 heavy (non-hydrogen) atoms. The molecule has 0 aliphatic rings. The van der Waals surface area contributed by atoms with Gasteiger partial charge in [0, 0.05) is 10.6 Å². The van der Waals surface area contributed by atoms with E-state index >= 15 is 0 Å². The second kappa shape index (κ2) is 8.00. The lowest BCUT2D eigenvalue weighted by molar-refractivity contribution is -0.00108. The first-order valence-electron chi connectivity index (χ1n) is 7.63. The molecular formula is C20H14ClN2OP. The molecule has 5 heteroatoms. The molecule has 0 heterocycles. The Kier molecular flexibility index (Phi) is 5.53. The molecule has 0 aliphatic carbocycles. The smallest absolute Gasteiger partial charge is 0.361 e. The van der Waals surface area contributed by atoms with Crippen LogP contribution in [-0.4, -0.2) is 16.0 Å². The molecule has 0 amide bonds. The van der Waals surface area contributed by atoms with Gasteiger partial charge in [-0.1, -0.05) is 72.3 Å². The second-order valence-electron chi connectivity index (χ2n) is 5.27. The Morgan fingerprint density at radius 3 is 1.72 bits per heavy atom. The van der Waals surface area contributed by atoms with E-state index < -0.39 is 7.92 Å². The van der Waals surface area contributed by atoms with Crippen LogP contribution in [0.3, 0.4) is 0 Å². The number of hydrogen-bond acceptors (Lipinski definition) is 1. The molecule has 0 fully saturated rings. The van der Waals surface area contributed by atoms with Gasteiger partial charge in [0.05, 0.1) is 7.92 Å². The van der Waals surface area contributed by atoms with Crippen molar-refractivity contribution >= 4 is 41.4 Å². The number of ketones is 1. The Bertz CT molecular complexity index is 881. The van der Waals surface area contributed by atoms with Gasteiger partial charge in [-0.15, -0.1) is 0 Å². The Balaban J connectivity index is 2.09. The molecule has 3 aromatic rings. The van der Waals surface area contributed by atoms with Crippen LogP contribution < -0.4 is 10.6 Å². The summed E-state index contributed by atoms with van der Waals surface area (Å²) >= 11 is 5.90. The second-order valence-corrected chi connectivity index (χ2v) is 7.83. The van der Waals surface area contributed by atoms with Crippen LogP contribution in [0.15, 0.2) is 84.9 Å². The number of carbonyl (C=O) groups is 1. The Hall–Kier alpha value is -2.57. The first kappa shape index (κ1) is 17.3. The highest BCUT2D eigenvalue weighted by Crippen LogP contribution is 2.36. The predicted octanol–water partition coefficient (Wildman–Crippen LogP) is 4.28. The lowest BCUT2D eigenvalue weighted by Crippen LogP contribution is -2.25. The summed E-state index contributed by atoms with van der Waals surface area (Å²) in [5.41, 5.74) is 10.2. The van der Waals surface area contributed by atoms with Gasteiger partial charge in [-0.2, -0.15) is 4.79 Å². The van der Waals surface area contributed by atoms with E-state index in [9.17, 15) is 10.3 Å². The number of carbonyl (C=O) groups excluding carboxylic acids is 1. The Labute approximate surface area is 152 Å². The van der Waals surface area contributed by atoms with E-state index in [2.05, 4.69) is 4.79 Å². The number of hydrogen-bond donors (Lipinski definition) is 0. The van der Waals surface area contributed by atoms with Crippen molar-refractivity contribution < 1.29 is 9.58 Å². The quantitative estimate of drug-likeness (QED) is 0.219. The van der Waals surface area contributed by atoms with Crippen molar-refractivity contribution in [2.45, 2.75) is 0 Å². The van der Waals surface area contributed by atoms with Crippen molar-refractivity contribution in [1.29, 1.82) is 0 Å². The fourth-order valence-corrected chi connectivity index (χ4v) is 4.75. The molecule has 0 aromatic heterocycles. The van der Waals surface area contributed by atoms with E-state index in [1.54, 1.807) is 24.3 Å². The van der Waals surface area contributed by atoms with E-state index in [1.165, 1.54) is 0 Å². The van der Waals surface area contributed by atoms with E-state index in [-0.39, 0.29) is 11.2 Å². The lowest BCUT2D eigenvalue weighted by atomic mass is 10.1. The first-order valence-corrected chi connectivity index (χ1v) is 9.35. The summed E-state index contributed by atoms with van der Waals surface area (Å²) in [5, 5.41) is 2.44. The summed E-state index contributed by atoms with van der Waals surface area (Å²) in [5.74, 6) is -0.307. The van der Waals surface area contributed by atoms with Crippen LogP contribution in [0.2, 0.25) is 5.02 Å². The standard InChI is InChI=1S/C20H14ClN2OP/c21-16-13-11-15(12-14-16)19(24)20(23-22)25(17-7-3-1-4-8-17)18-9-5-2-6-10-18/h1-14H. The van der Waals surface area contributed by atoms with Gasteiger partial charge in [-0.05, 0) is 34.9 Å². The molecule has 0 N–H and O–H groups in total. The molecule has 0 unspecified atom stereocenters. The summed E-state index contributed by atoms with van der Waals surface area (Å²) < 4.78 is 0. The molecule has 0 radical (unpaired) electrons. The molecule has 3 aromatic carbocycles. The van der Waals surface area contributed by atoms with Crippen molar-refractivity contribution in [3.05, 3.63) is 101 Å². The van der Waals surface area contributed by atoms with Gasteiger partial charge in [0.1, 0.15) is 0 Å². The maximum atomic E-state index is 13.0. The lowest BCUT2D eigenvalue weighted by Gasteiger charge is -2.13. The molecule has 3 nitrogen and oxygen atoms in total. The monoisotopic (exact) mass is 364 g/mol. The third-order valence-electron chi connectivity index (χ3n) is 3.64.